The van der Waals surface area contributed by atoms with Crippen molar-refractivity contribution < 1.29 is 42.9 Å². The summed E-state index contributed by atoms with van der Waals surface area (Å²) in [5.74, 6) is -2.34. The van der Waals surface area contributed by atoms with E-state index >= 15 is 0 Å². The number of carboxylic acids is 1. The first-order valence-corrected chi connectivity index (χ1v) is 27.4. The van der Waals surface area contributed by atoms with E-state index in [1.165, 1.54) is 141 Å². The number of carbonyl (C=O) groups is 3. The van der Waals surface area contributed by atoms with Crippen LogP contribution in [0, 0.1) is 0 Å². The standard InChI is InChI=1S/C58H103NO8/c1-6-8-10-12-14-16-18-20-22-23-24-25-26-27-28-29-30-31-32-33-35-36-38-40-42-44-46-48-55(60)65-52-54(53-66-58(57(62)63)64-51-50-59(3,4)5)67-56(61)49-47-45-43-41-39-37-34-21-19-17-15-13-11-9-7-2/h9,11,15,17,21,23-24,34,39,41,54,58H,6-8,10,12-14,16,18-20,22,25-33,35-38,40,42-53H2,1-5H3/b11-9-,17-15-,24-23-,34-21-,41-39-. The highest BCUT2D eigenvalue weighted by molar-refractivity contribution is 5.70. The fourth-order valence-corrected chi connectivity index (χ4v) is 7.52. The number of likely N-dealkylation sites (N-methyl/N-ethyl adjacent to an activating group) is 1. The lowest BCUT2D eigenvalue weighted by atomic mass is 10.0. The Morgan fingerprint density at radius 3 is 1.31 bits per heavy atom. The first kappa shape index (κ1) is 64.0. The van der Waals surface area contributed by atoms with Gasteiger partial charge in [0.15, 0.2) is 12.4 Å². The summed E-state index contributed by atoms with van der Waals surface area (Å²) in [6.45, 7) is 4.59. The SMILES string of the molecule is CC/C=C\C/C=C\C/C=C\C/C=C\CCCCC(=O)OC(COC(=O)CCCCCCCCCCCCCCCCC/C=C\CCCCCCCCCC)COC(OCC[N+](C)(C)C)C(=O)[O-]. The number of nitrogens with zero attached hydrogens (tertiary/aromatic N) is 1. The first-order valence-electron chi connectivity index (χ1n) is 27.4. The number of aliphatic carboxylic acids is 1. The molecule has 67 heavy (non-hydrogen) atoms. The minimum absolute atomic E-state index is 0.138. The summed E-state index contributed by atoms with van der Waals surface area (Å²) in [7, 11) is 5.90. The average molecular weight is 942 g/mol. The summed E-state index contributed by atoms with van der Waals surface area (Å²) < 4.78 is 22.6. The van der Waals surface area contributed by atoms with Crippen LogP contribution >= 0.6 is 0 Å². The quantitative estimate of drug-likeness (QED) is 0.0195. The molecule has 0 fully saturated rings. The zero-order valence-electron chi connectivity index (χ0n) is 44.0. The van der Waals surface area contributed by atoms with Gasteiger partial charge >= 0.3 is 11.9 Å². The van der Waals surface area contributed by atoms with Gasteiger partial charge in [-0.05, 0) is 77.0 Å². The third kappa shape index (κ3) is 50.7. The lowest BCUT2D eigenvalue weighted by molar-refractivity contribution is -0.870. The normalized spacial score (nSPS) is 13.3. The van der Waals surface area contributed by atoms with Gasteiger partial charge in [0.05, 0.1) is 40.3 Å². The molecular formula is C58H103NO8. The molecule has 0 saturated carbocycles. The smallest absolute Gasteiger partial charge is 0.306 e. The number of esters is 2. The molecule has 0 aliphatic heterocycles. The summed E-state index contributed by atoms with van der Waals surface area (Å²) in [6, 6.07) is 0. The highest BCUT2D eigenvalue weighted by Crippen LogP contribution is 2.16. The van der Waals surface area contributed by atoms with Crippen LogP contribution in [0.25, 0.3) is 0 Å². The van der Waals surface area contributed by atoms with Crippen LogP contribution in [0.4, 0.5) is 0 Å². The number of quaternary nitrogens is 1. The van der Waals surface area contributed by atoms with E-state index in [4.69, 9.17) is 18.9 Å². The molecule has 9 heteroatoms. The van der Waals surface area contributed by atoms with Gasteiger partial charge in [-0.1, -0.05) is 203 Å². The van der Waals surface area contributed by atoms with Crippen LogP contribution in [-0.4, -0.2) is 82.3 Å². The molecule has 0 amide bonds. The Hall–Kier alpha value is -3.01. The lowest BCUT2D eigenvalue weighted by Gasteiger charge is -2.26. The summed E-state index contributed by atoms with van der Waals surface area (Å²) in [5.41, 5.74) is 0. The van der Waals surface area contributed by atoms with Gasteiger partial charge < -0.3 is 33.3 Å². The minimum atomic E-state index is -1.63. The van der Waals surface area contributed by atoms with E-state index in [-0.39, 0.29) is 38.6 Å². The molecule has 0 aliphatic rings. The maximum Gasteiger partial charge on any atom is 0.306 e. The molecule has 0 radical (unpaired) electrons. The van der Waals surface area contributed by atoms with Crippen molar-refractivity contribution in [2.45, 2.75) is 245 Å². The van der Waals surface area contributed by atoms with Crippen molar-refractivity contribution in [2.24, 2.45) is 0 Å². The number of unbranched alkanes of at least 4 members (excludes halogenated alkanes) is 25. The van der Waals surface area contributed by atoms with Gasteiger partial charge in [0.25, 0.3) is 0 Å². The van der Waals surface area contributed by atoms with E-state index < -0.39 is 24.3 Å². The molecule has 0 aliphatic carbocycles. The van der Waals surface area contributed by atoms with Crippen molar-refractivity contribution in [3.8, 4) is 0 Å². The predicted molar refractivity (Wildman–Crippen MR) is 278 cm³/mol. The molecule has 0 bridgehead atoms. The molecule has 388 valence electrons. The number of hydrogen-bond donors (Lipinski definition) is 0. The molecule has 0 spiro atoms. The fraction of sp³-hybridized carbons (Fsp3) is 0.776. The molecule has 2 atom stereocenters. The Kier molecular flexibility index (Phi) is 47.2. The maximum atomic E-state index is 12.8. The largest absolute Gasteiger partial charge is 0.545 e. The van der Waals surface area contributed by atoms with Gasteiger partial charge in [0.1, 0.15) is 13.2 Å². The van der Waals surface area contributed by atoms with E-state index in [9.17, 15) is 19.5 Å². The Bertz CT molecular complexity index is 1280. The highest BCUT2D eigenvalue weighted by atomic mass is 16.7. The van der Waals surface area contributed by atoms with Gasteiger partial charge in [0, 0.05) is 12.8 Å². The van der Waals surface area contributed by atoms with Crippen LogP contribution in [0.1, 0.15) is 232 Å². The summed E-state index contributed by atoms with van der Waals surface area (Å²) in [5, 5.41) is 11.7. The van der Waals surface area contributed by atoms with Gasteiger partial charge in [0.2, 0.25) is 0 Å². The second-order valence-electron chi connectivity index (χ2n) is 19.5. The van der Waals surface area contributed by atoms with Crippen LogP contribution in [0.2, 0.25) is 0 Å². The van der Waals surface area contributed by atoms with Gasteiger partial charge in [-0.25, -0.2) is 0 Å². The predicted octanol–water partition coefficient (Wildman–Crippen LogP) is 14.3. The third-order valence-electron chi connectivity index (χ3n) is 11.7. The Labute approximate surface area is 412 Å². The molecule has 0 rings (SSSR count). The number of hydrogen-bond acceptors (Lipinski definition) is 8. The third-order valence-corrected chi connectivity index (χ3v) is 11.7. The molecule has 0 aromatic heterocycles. The Balaban J connectivity index is 4.22. The fourth-order valence-electron chi connectivity index (χ4n) is 7.52. The molecular weight excluding hydrogens is 839 g/mol. The van der Waals surface area contributed by atoms with Crippen LogP contribution in [0.3, 0.4) is 0 Å². The average Bonchev–Trinajstić information content (AvgIpc) is 3.29. The van der Waals surface area contributed by atoms with E-state index in [1.807, 2.05) is 21.1 Å². The number of ether oxygens (including phenoxy) is 4. The van der Waals surface area contributed by atoms with Crippen LogP contribution in [-0.2, 0) is 33.3 Å². The summed E-state index contributed by atoms with van der Waals surface area (Å²) >= 11 is 0. The van der Waals surface area contributed by atoms with E-state index in [2.05, 4.69) is 74.6 Å². The number of carbonyl (C=O) groups excluding carboxylic acids is 3. The van der Waals surface area contributed by atoms with Gasteiger partial charge in [-0.3, -0.25) is 9.59 Å². The highest BCUT2D eigenvalue weighted by Gasteiger charge is 2.22. The van der Waals surface area contributed by atoms with Crippen molar-refractivity contribution >= 4 is 17.9 Å². The number of carboxylic acid groups (broad SMARTS) is 1. The van der Waals surface area contributed by atoms with Crippen molar-refractivity contribution in [1.82, 2.24) is 0 Å². The molecule has 0 aromatic carbocycles. The zero-order valence-corrected chi connectivity index (χ0v) is 44.0. The molecule has 2 unspecified atom stereocenters. The van der Waals surface area contributed by atoms with Crippen molar-refractivity contribution in [1.29, 1.82) is 0 Å². The van der Waals surface area contributed by atoms with Crippen LogP contribution in [0.5, 0.6) is 0 Å². The lowest BCUT2D eigenvalue weighted by Crippen LogP contribution is -2.44. The molecule has 0 saturated heterocycles. The number of rotatable bonds is 50. The van der Waals surface area contributed by atoms with Crippen LogP contribution < -0.4 is 5.11 Å². The molecule has 0 heterocycles. The van der Waals surface area contributed by atoms with Crippen molar-refractivity contribution in [2.75, 3.05) is 47.5 Å². The molecule has 0 N–H and O–H groups in total. The van der Waals surface area contributed by atoms with Crippen LogP contribution in [0.15, 0.2) is 60.8 Å². The van der Waals surface area contributed by atoms with E-state index in [1.54, 1.807) is 0 Å². The Morgan fingerprint density at radius 1 is 0.463 bits per heavy atom. The maximum absolute atomic E-state index is 12.8. The summed E-state index contributed by atoms with van der Waals surface area (Å²) in [6.07, 6.45) is 58.5. The summed E-state index contributed by atoms with van der Waals surface area (Å²) in [4.78, 5) is 37.1. The zero-order chi connectivity index (χ0) is 49.2. The molecule has 9 nitrogen and oxygen atoms in total. The van der Waals surface area contributed by atoms with E-state index in [0.29, 0.717) is 17.4 Å². The first-order chi connectivity index (χ1) is 32.6. The number of allylic oxidation sites excluding steroid dienone is 10. The van der Waals surface area contributed by atoms with Gasteiger partial charge in [-0.15, -0.1) is 0 Å². The Morgan fingerprint density at radius 2 is 0.851 bits per heavy atom. The minimum Gasteiger partial charge on any atom is -0.545 e. The topological polar surface area (TPSA) is 111 Å². The monoisotopic (exact) mass is 942 g/mol. The van der Waals surface area contributed by atoms with Crippen molar-refractivity contribution in [3.63, 3.8) is 0 Å². The second-order valence-corrected chi connectivity index (χ2v) is 19.5. The second kappa shape index (κ2) is 49.4. The van der Waals surface area contributed by atoms with Gasteiger partial charge in [-0.2, -0.15) is 0 Å². The van der Waals surface area contributed by atoms with E-state index in [0.717, 1.165) is 57.8 Å². The van der Waals surface area contributed by atoms with Crippen molar-refractivity contribution in [3.05, 3.63) is 60.8 Å². The molecule has 0 aromatic rings.